The van der Waals surface area contributed by atoms with Crippen LogP contribution in [0.4, 0.5) is 0 Å². The molecule has 0 aromatic rings. The minimum atomic E-state index is 0. The maximum absolute atomic E-state index is 8.07. The Kier molecular flexibility index (Phi) is 14.9. The Labute approximate surface area is 60.0 Å². The van der Waals surface area contributed by atoms with Crippen LogP contribution >= 0.6 is 0 Å². The van der Waals surface area contributed by atoms with Gasteiger partial charge in [0.1, 0.15) is 0 Å². The van der Waals surface area contributed by atoms with E-state index in [-0.39, 0.29) is 29.7 Å². The van der Waals surface area contributed by atoms with Gasteiger partial charge in [0.15, 0.2) is 0 Å². The second-order valence-corrected chi connectivity index (χ2v) is 0.921. The van der Waals surface area contributed by atoms with Crippen molar-refractivity contribution in [3.05, 3.63) is 0 Å². The molecule has 0 aliphatic rings. The molecule has 38 valence electrons. The first-order valence-corrected chi connectivity index (χ1v) is 2.10. The molecule has 2 nitrogen and oxygen atoms in total. The van der Waals surface area contributed by atoms with Gasteiger partial charge < -0.3 is 9.84 Å². The van der Waals surface area contributed by atoms with E-state index < -0.39 is 0 Å². The van der Waals surface area contributed by atoms with Crippen LogP contribution in [0.2, 0.25) is 0 Å². The van der Waals surface area contributed by atoms with Crippen LogP contribution in [0.25, 0.3) is 0 Å². The molecular formula is C4H10MgO2+2. The first-order chi connectivity index (χ1) is 2.91. The van der Waals surface area contributed by atoms with Crippen LogP contribution < -0.4 is 0 Å². The van der Waals surface area contributed by atoms with Crippen LogP contribution in [0.5, 0.6) is 0 Å². The molecule has 0 saturated carbocycles. The summed E-state index contributed by atoms with van der Waals surface area (Å²) in [5.41, 5.74) is 0. The van der Waals surface area contributed by atoms with E-state index in [4.69, 9.17) is 9.84 Å². The maximum Gasteiger partial charge on any atom is 2.00 e. The average Bonchev–Trinajstić information content (AvgIpc) is 1.61. The zero-order chi connectivity index (χ0) is 4.83. The molecule has 0 aromatic carbocycles. The van der Waals surface area contributed by atoms with Crippen molar-refractivity contribution in [1.82, 2.24) is 0 Å². The average molecular weight is 114 g/mol. The van der Waals surface area contributed by atoms with Gasteiger partial charge >= 0.3 is 23.1 Å². The SMILES string of the molecule is CCOCCO.[Mg+2]. The Morgan fingerprint density at radius 2 is 2.14 bits per heavy atom. The number of aliphatic hydroxyl groups is 1. The fraction of sp³-hybridized carbons (Fsp3) is 1.00. The van der Waals surface area contributed by atoms with E-state index in [1.165, 1.54) is 0 Å². The van der Waals surface area contributed by atoms with E-state index in [0.717, 1.165) is 0 Å². The van der Waals surface area contributed by atoms with E-state index in [0.29, 0.717) is 13.2 Å². The third-order valence-electron chi connectivity index (χ3n) is 0.440. The van der Waals surface area contributed by atoms with Crippen molar-refractivity contribution >= 4 is 23.1 Å². The summed E-state index contributed by atoms with van der Waals surface area (Å²) in [6.07, 6.45) is 0. The fourth-order valence-electron chi connectivity index (χ4n) is 0.209. The van der Waals surface area contributed by atoms with Crippen molar-refractivity contribution in [2.75, 3.05) is 19.8 Å². The topological polar surface area (TPSA) is 29.5 Å². The van der Waals surface area contributed by atoms with Crippen LogP contribution in [0.15, 0.2) is 0 Å². The molecule has 0 unspecified atom stereocenters. The maximum atomic E-state index is 8.07. The van der Waals surface area contributed by atoms with Gasteiger partial charge in [-0.25, -0.2) is 0 Å². The molecule has 7 heavy (non-hydrogen) atoms. The van der Waals surface area contributed by atoms with Crippen molar-refractivity contribution in [1.29, 1.82) is 0 Å². The summed E-state index contributed by atoms with van der Waals surface area (Å²) in [7, 11) is 0. The molecule has 0 saturated heterocycles. The minimum absolute atomic E-state index is 0. The van der Waals surface area contributed by atoms with E-state index in [9.17, 15) is 0 Å². The number of aliphatic hydroxyl groups excluding tert-OH is 1. The largest absolute Gasteiger partial charge is 2.00 e. The molecule has 0 rings (SSSR count). The Morgan fingerprint density at radius 1 is 1.57 bits per heavy atom. The van der Waals surface area contributed by atoms with Gasteiger partial charge in [-0.1, -0.05) is 0 Å². The van der Waals surface area contributed by atoms with Gasteiger partial charge in [0.25, 0.3) is 0 Å². The van der Waals surface area contributed by atoms with Crippen molar-refractivity contribution in [2.24, 2.45) is 0 Å². The van der Waals surface area contributed by atoms with Gasteiger partial charge in [0.05, 0.1) is 13.2 Å². The predicted molar refractivity (Wildman–Crippen MR) is 29.3 cm³/mol. The zero-order valence-corrected chi connectivity index (χ0v) is 6.10. The first-order valence-electron chi connectivity index (χ1n) is 2.10. The minimum Gasteiger partial charge on any atom is -0.394 e. The molecule has 0 bridgehead atoms. The Balaban J connectivity index is 0. The smallest absolute Gasteiger partial charge is 0.394 e. The molecule has 0 fully saturated rings. The van der Waals surface area contributed by atoms with Crippen LogP contribution in [-0.2, 0) is 4.74 Å². The fourth-order valence-corrected chi connectivity index (χ4v) is 0.209. The molecule has 0 aromatic heterocycles. The summed E-state index contributed by atoms with van der Waals surface area (Å²) in [4.78, 5) is 0. The van der Waals surface area contributed by atoms with E-state index in [2.05, 4.69) is 0 Å². The normalized spacial score (nSPS) is 7.71. The summed E-state index contributed by atoms with van der Waals surface area (Å²) in [6.45, 7) is 3.20. The summed E-state index contributed by atoms with van der Waals surface area (Å²) < 4.78 is 4.73. The second kappa shape index (κ2) is 9.84. The summed E-state index contributed by atoms with van der Waals surface area (Å²) in [5.74, 6) is 0. The van der Waals surface area contributed by atoms with Crippen molar-refractivity contribution in [3.8, 4) is 0 Å². The van der Waals surface area contributed by atoms with E-state index >= 15 is 0 Å². The number of ether oxygens (including phenoxy) is 1. The van der Waals surface area contributed by atoms with Crippen LogP contribution in [0.1, 0.15) is 6.92 Å². The van der Waals surface area contributed by atoms with Crippen molar-refractivity contribution in [2.45, 2.75) is 6.92 Å². The van der Waals surface area contributed by atoms with Crippen molar-refractivity contribution in [3.63, 3.8) is 0 Å². The molecule has 0 spiro atoms. The third-order valence-corrected chi connectivity index (χ3v) is 0.440. The molecule has 0 aliphatic heterocycles. The molecule has 0 radical (unpaired) electrons. The monoisotopic (exact) mass is 114 g/mol. The molecule has 1 N–H and O–H groups in total. The summed E-state index contributed by atoms with van der Waals surface area (Å²) >= 11 is 0. The van der Waals surface area contributed by atoms with Gasteiger partial charge in [0.2, 0.25) is 0 Å². The summed E-state index contributed by atoms with van der Waals surface area (Å²) in [6, 6.07) is 0. The Hall–Kier alpha value is 0.686. The molecule has 3 heteroatoms. The second-order valence-electron chi connectivity index (χ2n) is 0.921. The Bertz CT molecular complexity index is 21.7. The zero-order valence-electron chi connectivity index (χ0n) is 4.68. The van der Waals surface area contributed by atoms with Gasteiger partial charge in [-0.15, -0.1) is 0 Å². The third kappa shape index (κ3) is 10.8. The first kappa shape index (κ1) is 10.6. The van der Waals surface area contributed by atoms with E-state index in [1.807, 2.05) is 6.92 Å². The van der Waals surface area contributed by atoms with Crippen LogP contribution in [0.3, 0.4) is 0 Å². The van der Waals surface area contributed by atoms with Gasteiger partial charge in [-0.05, 0) is 6.92 Å². The molecular weight excluding hydrogens is 104 g/mol. The number of hydrogen-bond acceptors (Lipinski definition) is 2. The molecule has 0 heterocycles. The quantitative estimate of drug-likeness (QED) is 0.401. The van der Waals surface area contributed by atoms with Gasteiger partial charge in [-0.3, -0.25) is 0 Å². The van der Waals surface area contributed by atoms with Gasteiger partial charge in [-0.2, -0.15) is 0 Å². The number of rotatable bonds is 3. The predicted octanol–water partition coefficient (Wildman–Crippen LogP) is -0.366. The standard InChI is InChI=1S/C4H10O2.Mg/c1-2-6-4-3-5;/h5H,2-4H2,1H3;/q;+2. The number of hydrogen-bond donors (Lipinski definition) is 1. The Morgan fingerprint density at radius 3 is 2.29 bits per heavy atom. The molecule has 0 amide bonds. The van der Waals surface area contributed by atoms with Crippen molar-refractivity contribution < 1.29 is 9.84 Å². The molecule has 0 atom stereocenters. The van der Waals surface area contributed by atoms with Crippen LogP contribution in [-0.4, -0.2) is 48.0 Å². The van der Waals surface area contributed by atoms with Crippen LogP contribution in [0, 0.1) is 0 Å². The molecule has 0 aliphatic carbocycles. The summed E-state index contributed by atoms with van der Waals surface area (Å²) in [5, 5.41) is 8.07. The van der Waals surface area contributed by atoms with Gasteiger partial charge in [0, 0.05) is 6.61 Å². The van der Waals surface area contributed by atoms with E-state index in [1.54, 1.807) is 0 Å².